The van der Waals surface area contributed by atoms with Crippen molar-refractivity contribution >= 4 is 54.5 Å². The summed E-state index contributed by atoms with van der Waals surface area (Å²) in [5.41, 5.74) is 0.493. The molecule has 0 spiro atoms. The molecule has 1 amide bonds. The Kier molecular flexibility index (Phi) is 6.71. The number of rotatable bonds is 6. The first-order valence-corrected chi connectivity index (χ1v) is 9.08. The molecule has 0 saturated heterocycles. The van der Waals surface area contributed by atoms with Gasteiger partial charge in [-0.3, -0.25) is 4.79 Å². The highest BCUT2D eigenvalue weighted by molar-refractivity contribution is 14.1. The van der Waals surface area contributed by atoms with E-state index in [2.05, 4.69) is 48.6 Å². The van der Waals surface area contributed by atoms with E-state index >= 15 is 0 Å². The standard InChI is InChI=1S/C11H14BrIN2O3S/c1-2-15-19(17,18)6-5-14-11(16)9-7-8(13)3-4-10(9)12/h3-4,7,15H,2,5-6H2,1H3,(H,14,16). The third kappa shape index (κ3) is 5.76. The van der Waals surface area contributed by atoms with Crippen LogP contribution in [-0.2, 0) is 10.0 Å². The molecule has 0 aliphatic rings. The van der Waals surface area contributed by atoms with Crippen LogP contribution >= 0.6 is 38.5 Å². The average molecular weight is 461 g/mol. The van der Waals surface area contributed by atoms with Crippen molar-refractivity contribution in [1.82, 2.24) is 10.0 Å². The zero-order valence-electron chi connectivity index (χ0n) is 10.2. The van der Waals surface area contributed by atoms with Crippen LogP contribution in [0.1, 0.15) is 17.3 Å². The molecule has 8 heteroatoms. The van der Waals surface area contributed by atoms with Gasteiger partial charge in [0.25, 0.3) is 5.91 Å². The largest absolute Gasteiger partial charge is 0.351 e. The summed E-state index contributed by atoms with van der Waals surface area (Å²) in [6.45, 7) is 2.13. The summed E-state index contributed by atoms with van der Waals surface area (Å²) in [6, 6.07) is 5.39. The zero-order chi connectivity index (χ0) is 14.5. The lowest BCUT2D eigenvalue weighted by molar-refractivity contribution is 0.0955. The second-order valence-corrected chi connectivity index (χ2v) is 7.72. The number of benzene rings is 1. The number of hydrogen-bond acceptors (Lipinski definition) is 3. The minimum atomic E-state index is -3.31. The number of hydrogen-bond donors (Lipinski definition) is 2. The molecular weight excluding hydrogens is 447 g/mol. The van der Waals surface area contributed by atoms with Crippen LogP contribution in [0, 0.1) is 3.57 Å². The quantitative estimate of drug-likeness (QED) is 0.634. The summed E-state index contributed by atoms with van der Waals surface area (Å²) in [4.78, 5) is 11.9. The molecule has 0 unspecified atom stereocenters. The summed E-state index contributed by atoms with van der Waals surface area (Å²) in [7, 11) is -3.31. The Morgan fingerprint density at radius 1 is 1.42 bits per heavy atom. The topological polar surface area (TPSA) is 75.3 Å². The van der Waals surface area contributed by atoms with Gasteiger partial charge in [0.1, 0.15) is 0 Å². The van der Waals surface area contributed by atoms with Crippen molar-refractivity contribution in [1.29, 1.82) is 0 Å². The predicted molar refractivity (Wildman–Crippen MR) is 86.7 cm³/mol. The van der Waals surface area contributed by atoms with E-state index < -0.39 is 10.0 Å². The summed E-state index contributed by atoms with van der Waals surface area (Å²) < 4.78 is 26.8. The lowest BCUT2D eigenvalue weighted by Gasteiger charge is -2.08. The molecule has 19 heavy (non-hydrogen) atoms. The molecule has 0 aliphatic carbocycles. The summed E-state index contributed by atoms with van der Waals surface area (Å²) >= 11 is 5.40. The van der Waals surface area contributed by atoms with Gasteiger partial charge >= 0.3 is 0 Å². The fourth-order valence-corrected chi connectivity index (χ4v) is 3.23. The Labute approximate surface area is 134 Å². The Morgan fingerprint density at radius 2 is 2.11 bits per heavy atom. The fraction of sp³-hybridized carbons (Fsp3) is 0.364. The third-order valence-corrected chi connectivity index (χ3v) is 5.03. The molecule has 0 heterocycles. The Balaban J connectivity index is 2.59. The number of sulfonamides is 1. The molecule has 0 aliphatic heterocycles. The molecule has 0 atom stereocenters. The van der Waals surface area contributed by atoms with Crippen molar-refractivity contribution in [3.8, 4) is 0 Å². The van der Waals surface area contributed by atoms with Gasteiger partial charge in [0.05, 0.1) is 11.3 Å². The number of carbonyl (C=O) groups is 1. The van der Waals surface area contributed by atoms with Crippen molar-refractivity contribution in [2.24, 2.45) is 0 Å². The van der Waals surface area contributed by atoms with E-state index in [9.17, 15) is 13.2 Å². The van der Waals surface area contributed by atoms with Crippen LogP contribution in [0.4, 0.5) is 0 Å². The van der Waals surface area contributed by atoms with Crippen LogP contribution in [0.5, 0.6) is 0 Å². The predicted octanol–water partition coefficient (Wildman–Crippen LogP) is 1.72. The first-order valence-electron chi connectivity index (χ1n) is 5.56. The first kappa shape index (κ1) is 16.9. The monoisotopic (exact) mass is 460 g/mol. The van der Waals surface area contributed by atoms with Crippen molar-refractivity contribution < 1.29 is 13.2 Å². The summed E-state index contributed by atoms with van der Waals surface area (Å²) in [5.74, 6) is -0.425. The Hall–Kier alpha value is -0.190. The highest BCUT2D eigenvalue weighted by atomic mass is 127. The Morgan fingerprint density at radius 3 is 2.74 bits per heavy atom. The maximum atomic E-state index is 11.9. The van der Waals surface area contributed by atoms with Gasteiger partial charge in [-0.25, -0.2) is 13.1 Å². The minimum absolute atomic E-state index is 0.0755. The molecular formula is C11H14BrIN2O3S. The van der Waals surface area contributed by atoms with Crippen LogP contribution in [0.3, 0.4) is 0 Å². The van der Waals surface area contributed by atoms with Crippen molar-refractivity contribution in [3.05, 3.63) is 31.8 Å². The molecule has 1 aromatic carbocycles. The van der Waals surface area contributed by atoms with Crippen molar-refractivity contribution in [2.45, 2.75) is 6.92 Å². The normalized spacial score (nSPS) is 11.3. The Bertz CT molecular complexity index is 563. The van der Waals surface area contributed by atoms with Gasteiger partial charge in [-0.05, 0) is 56.7 Å². The van der Waals surface area contributed by atoms with E-state index in [-0.39, 0.29) is 18.2 Å². The third-order valence-electron chi connectivity index (χ3n) is 2.19. The van der Waals surface area contributed by atoms with Gasteiger partial charge in [0.15, 0.2) is 0 Å². The second-order valence-electron chi connectivity index (χ2n) is 3.70. The summed E-state index contributed by atoms with van der Waals surface area (Å²) in [6.07, 6.45) is 0. The lowest BCUT2D eigenvalue weighted by atomic mass is 10.2. The zero-order valence-corrected chi connectivity index (χ0v) is 14.8. The molecule has 2 N–H and O–H groups in total. The molecule has 106 valence electrons. The second kappa shape index (κ2) is 7.55. The molecule has 1 rings (SSSR count). The van der Waals surface area contributed by atoms with Crippen LogP contribution in [-0.4, -0.2) is 33.2 Å². The molecule has 0 fully saturated rings. The highest BCUT2D eigenvalue weighted by Crippen LogP contribution is 2.19. The van der Waals surface area contributed by atoms with Crippen LogP contribution in [0.2, 0.25) is 0 Å². The first-order chi connectivity index (χ1) is 8.85. The minimum Gasteiger partial charge on any atom is -0.351 e. The molecule has 0 aromatic heterocycles. The van der Waals surface area contributed by atoms with E-state index in [4.69, 9.17) is 0 Å². The number of carbonyl (C=O) groups excluding carboxylic acids is 1. The van der Waals surface area contributed by atoms with Gasteiger partial charge < -0.3 is 5.32 Å². The van der Waals surface area contributed by atoms with Crippen LogP contribution in [0.15, 0.2) is 22.7 Å². The molecule has 0 saturated carbocycles. The molecule has 0 bridgehead atoms. The van der Waals surface area contributed by atoms with Crippen LogP contribution in [0.25, 0.3) is 0 Å². The van der Waals surface area contributed by atoms with Gasteiger partial charge in [0.2, 0.25) is 10.0 Å². The highest BCUT2D eigenvalue weighted by Gasteiger charge is 2.12. The van der Waals surface area contributed by atoms with E-state index in [1.54, 1.807) is 19.1 Å². The summed E-state index contributed by atoms with van der Waals surface area (Å²) in [5, 5.41) is 2.59. The van der Waals surface area contributed by atoms with Crippen LogP contribution < -0.4 is 10.0 Å². The molecule has 1 aromatic rings. The van der Waals surface area contributed by atoms with Gasteiger partial charge in [0, 0.05) is 21.1 Å². The lowest BCUT2D eigenvalue weighted by Crippen LogP contribution is -2.34. The smallest absolute Gasteiger partial charge is 0.252 e. The number of nitrogens with one attached hydrogen (secondary N) is 2. The number of amides is 1. The fourth-order valence-electron chi connectivity index (χ4n) is 1.36. The van der Waals surface area contributed by atoms with E-state index in [0.29, 0.717) is 16.6 Å². The van der Waals surface area contributed by atoms with E-state index in [1.807, 2.05) is 6.07 Å². The average Bonchev–Trinajstić information content (AvgIpc) is 2.31. The molecule has 0 radical (unpaired) electrons. The number of halogens is 2. The maximum absolute atomic E-state index is 11.9. The van der Waals surface area contributed by atoms with Gasteiger partial charge in [-0.2, -0.15) is 0 Å². The van der Waals surface area contributed by atoms with Gasteiger partial charge in [-0.15, -0.1) is 0 Å². The van der Waals surface area contributed by atoms with Crippen molar-refractivity contribution in [3.63, 3.8) is 0 Å². The SMILES string of the molecule is CCNS(=O)(=O)CCNC(=O)c1cc(I)ccc1Br. The van der Waals surface area contributed by atoms with E-state index in [1.165, 1.54) is 0 Å². The van der Waals surface area contributed by atoms with Crippen molar-refractivity contribution in [2.75, 3.05) is 18.8 Å². The molecule has 5 nitrogen and oxygen atoms in total. The van der Waals surface area contributed by atoms with Gasteiger partial charge in [-0.1, -0.05) is 6.92 Å². The maximum Gasteiger partial charge on any atom is 0.252 e. The van der Waals surface area contributed by atoms with E-state index in [0.717, 1.165) is 3.57 Å².